The molecule has 2 rings (SSSR count). The van der Waals surface area contributed by atoms with E-state index in [-0.39, 0.29) is 11.7 Å². The number of carbonyl (C=O) groups is 2. The van der Waals surface area contributed by atoms with Crippen LogP contribution in [0.25, 0.3) is 11.0 Å². The van der Waals surface area contributed by atoms with Crippen LogP contribution in [0.3, 0.4) is 0 Å². The molecular formula is C13H14IN3O3S. The van der Waals surface area contributed by atoms with Crippen LogP contribution in [0.2, 0.25) is 0 Å². The Morgan fingerprint density at radius 1 is 1.52 bits per heavy atom. The molecule has 6 nitrogen and oxygen atoms in total. The molecule has 1 aromatic heterocycles. The van der Waals surface area contributed by atoms with Crippen molar-refractivity contribution in [3.05, 3.63) is 21.8 Å². The van der Waals surface area contributed by atoms with Crippen molar-refractivity contribution in [2.45, 2.75) is 18.1 Å². The van der Waals surface area contributed by atoms with Crippen LogP contribution in [0.4, 0.5) is 0 Å². The number of carboxylic acids is 1. The van der Waals surface area contributed by atoms with Gasteiger partial charge in [0.1, 0.15) is 6.04 Å². The highest BCUT2D eigenvalue weighted by molar-refractivity contribution is 14.1. The number of halogens is 1. The van der Waals surface area contributed by atoms with Gasteiger partial charge in [0.2, 0.25) is 5.91 Å². The summed E-state index contributed by atoms with van der Waals surface area (Å²) in [7, 11) is 1.57. The number of hydrogen-bond donors (Lipinski definition) is 2. The van der Waals surface area contributed by atoms with Gasteiger partial charge in [-0.15, -0.1) is 0 Å². The summed E-state index contributed by atoms with van der Waals surface area (Å²) in [5, 5.41) is 12.0. The molecule has 1 aromatic carbocycles. The summed E-state index contributed by atoms with van der Waals surface area (Å²) in [4.78, 5) is 27.2. The highest BCUT2D eigenvalue weighted by atomic mass is 127. The lowest BCUT2D eigenvalue weighted by Gasteiger charge is -2.15. The van der Waals surface area contributed by atoms with Crippen molar-refractivity contribution >= 4 is 57.3 Å². The Morgan fingerprint density at radius 2 is 2.24 bits per heavy atom. The molecule has 0 saturated carbocycles. The monoisotopic (exact) mass is 419 g/mol. The Hall–Kier alpha value is -1.29. The highest BCUT2D eigenvalue weighted by Crippen LogP contribution is 2.28. The first-order valence-corrected chi connectivity index (χ1v) is 8.24. The van der Waals surface area contributed by atoms with Crippen LogP contribution in [-0.2, 0) is 9.59 Å². The van der Waals surface area contributed by atoms with Crippen LogP contribution >= 0.6 is 34.4 Å². The Kier molecular flexibility index (Phi) is 5.09. The van der Waals surface area contributed by atoms with Crippen LogP contribution < -0.4 is 5.32 Å². The number of benzene rings is 1. The van der Waals surface area contributed by atoms with Gasteiger partial charge >= 0.3 is 5.97 Å². The number of nitrogens with one attached hydrogen (secondary N) is 1. The van der Waals surface area contributed by atoms with Gasteiger partial charge in [0.25, 0.3) is 0 Å². The maximum atomic E-state index is 11.9. The lowest BCUT2D eigenvalue weighted by Crippen LogP contribution is -2.28. The van der Waals surface area contributed by atoms with Crippen molar-refractivity contribution < 1.29 is 14.7 Å². The molecule has 0 saturated heterocycles. The van der Waals surface area contributed by atoms with Crippen molar-refractivity contribution in [2.75, 3.05) is 12.8 Å². The second-order valence-corrected chi connectivity index (χ2v) is 6.56. The van der Waals surface area contributed by atoms with Crippen molar-refractivity contribution in [2.24, 2.45) is 0 Å². The molecule has 0 aliphatic carbocycles. The van der Waals surface area contributed by atoms with Gasteiger partial charge in [0.05, 0.1) is 16.8 Å². The Labute approximate surface area is 139 Å². The number of aliphatic carboxylic acids is 1. The molecule has 2 N–H and O–H groups in total. The molecule has 112 valence electrons. The minimum absolute atomic E-state index is 0.0964. The molecule has 1 heterocycles. The largest absolute Gasteiger partial charge is 0.481 e. The molecule has 0 bridgehead atoms. The number of imidazole rings is 1. The van der Waals surface area contributed by atoms with Crippen molar-refractivity contribution in [3.8, 4) is 0 Å². The number of nitrogens with zero attached hydrogens (tertiary/aromatic N) is 2. The molecule has 0 aliphatic heterocycles. The molecule has 0 radical (unpaired) electrons. The van der Waals surface area contributed by atoms with E-state index in [1.165, 1.54) is 0 Å². The van der Waals surface area contributed by atoms with Gasteiger partial charge < -0.3 is 15.0 Å². The number of thioether (sulfide) groups is 1. The van der Waals surface area contributed by atoms with E-state index < -0.39 is 12.0 Å². The highest BCUT2D eigenvalue weighted by Gasteiger charge is 2.21. The zero-order valence-corrected chi connectivity index (χ0v) is 14.4. The molecule has 0 aliphatic rings. The van der Waals surface area contributed by atoms with E-state index in [4.69, 9.17) is 5.11 Å². The summed E-state index contributed by atoms with van der Waals surface area (Å²) in [5.41, 5.74) is 1.57. The van der Waals surface area contributed by atoms with Gasteiger partial charge in [0.15, 0.2) is 5.16 Å². The third kappa shape index (κ3) is 3.49. The first-order valence-electron chi connectivity index (χ1n) is 6.17. The number of rotatable bonds is 5. The quantitative estimate of drug-likeness (QED) is 0.573. The fourth-order valence-corrected chi connectivity index (χ4v) is 3.26. The van der Waals surface area contributed by atoms with Gasteiger partial charge in [-0.1, -0.05) is 11.8 Å². The van der Waals surface area contributed by atoms with E-state index in [0.29, 0.717) is 5.16 Å². The van der Waals surface area contributed by atoms with Crippen LogP contribution in [0, 0.1) is 3.57 Å². The molecule has 0 fully saturated rings. The maximum Gasteiger partial charge on any atom is 0.313 e. The van der Waals surface area contributed by atoms with E-state index in [0.717, 1.165) is 26.4 Å². The summed E-state index contributed by atoms with van der Waals surface area (Å²) >= 11 is 3.30. The number of likely N-dealkylation sites (N-methyl/N-ethyl adjacent to an activating group) is 1. The normalized spacial score (nSPS) is 12.3. The zero-order valence-electron chi connectivity index (χ0n) is 11.5. The molecule has 2 aromatic rings. The van der Waals surface area contributed by atoms with Gasteiger partial charge in [-0.2, -0.15) is 0 Å². The standard InChI is InChI=1S/C13H14IN3O3S/c1-7(12(20)15-2)17-10-4-3-8(14)5-9(10)16-13(17)21-6-11(18)19/h3-5,7H,6H2,1-2H3,(H,15,20)(H,18,19). The van der Waals surface area contributed by atoms with E-state index in [9.17, 15) is 9.59 Å². The molecule has 1 unspecified atom stereocenters. The molecule has 0 spiro atoms. The number of fused-ring (bicyclic) bond motifs is 1. The lowest BCUT2D eigenvalue weighted by molar-refractivity contribution is -0.133. The SMILES string of the molecule is CNC(=O)C(C)n1c(SCC(=O)O)nc2cc(I)ccc21. The summed E-state index contributed by atoms with van der Waals surface area (Å²) in [6, 6.07) is 5.28. The smallest absolute Gasteiger partial charge is 0.313 e. The number of carboxylic acid groups (broad SMARTS) is 1. The molecule has 8 heteroatoms. The summed E-state index contributed by atoms with van der Waals surface area (Å²) < 4.78 is 2.81. The Bertz CT molecular complexity index is 701. The fraction of sp³-hybridized carbons (Fsp3) is 0.308. The van der Waals surface area contributed by atoms with Crippen LogP contribution in [0.5, 0.6) is 0 Å². The van der Waals surface area contributed by atoms with E-state index in [1.54, 1.807) is 18.5 Å². The number of aromatic nitrogens is 2. The third-order valence-electron chi connectivity index (χ3n) is 2.96. The average Bonchev–Trinajstić information content (AvgIpc) is 2.80. The molecular weight excluding hydrogens is 405 g/mol. The first kappa shape index (κ1) is 16.1. The zero-order chi connectivity index (χ0) is 15.6. The molecule has 1 amide bonds. The summed E-state index contributed by atoms with van der Waals surface area (Å²) in [6.45, 7) is 1.77. The van der Waals surface area contributed by atoms with Crippen molar-refractivity contribution in [1.82, 2.24) is 14.9 Å². The first-order chi connectivity index (χ1) is 9.93. The van der Waals surface area contributed by atoms with Crippen molar-refractivity contribution in [1.29, 1.82) is 0 Å². The Morgan fingerprint density at radius 3 is 2.86 bits per heavy atom. The summed E-state index contributed by atoms with van der Waals surface area (Å²) in [5.74, 6) is -1.16. The predicted molar refractivity (Wildman–Crippen MR) is 89.6 cm³/mol. The van der Waals surface area contributed by atoms with Gasteiger partial charge in [-0.3, -0.25) is 9.59 Å². The minimum atomic E-state index is -0.916. The number of hydrogen-bond acceptors (Lipinski definition) is 4. The molecule has 1 atom stereocenters. The second kappa shape index (κ2) is 6.65. The number of amides is 1. The van der Waals surface area contributed by atoms with Crippen LogP contribution in [0.15, 0.2) is 23.4 Å². The lowest BCUT2D eigenvalue weighted by atomic mass is 10.2. The van der Waals surface area contributed by atoms with E-state index >= 15 is 0 Å². The number of carbonyl (C=O) groups excluding carboxylic acids is 1. The minimum Gasteiger partial charge on any atom is -0.481 e. The molecule has 21 heavy (non-hydrogen) atoms. The fourth-order valence-electron chi connectivity index (χ4n) is 1.98. The maximum absolute atomic E-state index is 11.9. The van der Waals surface area contributed by atoms with Crippen LogP contribution in [0.1, 0.15) is 13.0 Å². The Balaban J connectivity index is 2.54. The average molecular weight is 419 g/mol. The van der Waals surface area contributed by atoms with Gasteiger partial charge in [-0.25, -0.2) is 4.98 Å². The predicted octanol–water partition coefficient (Wildman–Crippen LogP) is 2.12. The van der Waals surface area contributed by atoms with Crippen LogP contribution in [-0.4, -0.2) is 39.3 Å². The van der Waals surface area contributed by atoms with E-state index in [2.05, 4.69) is 32.9 Å². The van der Waals surface area contributed by atoms with Crippen molar-refractivity contribution in [3.63, 3.8) is 0 Å². The summed E-state index contributed by atoms with van der Waals surface area (Å²) in [6.07, 6.45) is 0. The third-order valence-corrected chi connectivity index (χ3v) is 4.57. The van der Waals surface area contributed by atoms with Gasteiger partial charge in [0, 0.05) is 10.6 Å². The topological polar surface area (TPSA) is 84.2 Å². The second-order valence-electron chi connectivity index (χ2n) is 4.37. The van der Waals surface area contributed by atoms with E-state index in [1.807, 2.05) is 18.2 Å². The van der Waals surface area contributed by atoms with Gasteiger partial charge in [-0.05, 0) is 47.7 Å².